The van der Waals surface area contributed by atoms with E-state index in [1.165, 1.54) is 0 Å². The van der Waals surface area contributed by atoms with Gasteiger partial charge in [0.1, 0.15) is 6.54 Å². The Bertz CT molecular complexity index is 418. The largest absolute Gasteiger partial charge is 0.480 e. The molecule has 0 bridgehead atoms. The van der Waals surface area contributed by atoms with Gasteiger partial charge in [0.15, 0.2) is 0 Å². The summed E-state index contributed by atoms with van der Waals surface area (Å²) in [5, 5.41) is 14.1. The molecule has 0 unspecified atom stereocenters. The Balaban J connectivity index is 2.53. The van der Waals surface area contributed by atoms with Crippen LogP contribution >= 0.6 is 0 Å². The first-order valence-electron chi connectivity index (χ1n) is 6.27. The molecule has 104 valence electrons. The van der Waals surface area contributed by atoms with Crippen molar-refractivity contribution in [3.63, 3.8) is 0 Å². The third-order valence-electron chi connectivity index (χ3n) is 2.73. The molecule has 0 aliphatic rings. The van der Waals surface area contributed by atoms with Crippen LogP contribution in [0, 0.1) is 5.92 Å². The number of nitrogens with one attached hydrogen (secondary N) is 2. The molecule has 1 aromatic rings. The zero-order valence-corrected chi connectivity index (χ0v) is 11.2. The average molecular weight is 264 g/mol. The molecule has 0 aliphatic carbocycles. The maximum Gasteiger partial charge on any atom is 0.322 e. The summed E-state index contributed by atoms with van der Waals surface area (Å²) in [5.41, 5.74) is 1.08. The number of amides is 1. The minimum Gasteiger partial charge on any atom is -0.480 e. The predicted molar refractivity (Wildman–Crippen MR) is 72.6 cm³/mol. The van der Waals surface area contributed by atoms with Gasteiger partial charge in [-0.1, -0.05) is 44.2 Å². The van der Waals surface area contributed by atoms with Crippen LogP contribution < -0.4 is 10.6 Å². The monoisotopic (exact) mass is 264 g/mol. The van der Waals surface area contributed by atoms with Crippen molar-refractivity contribution in [3.8, 4) is 0 Å². The van der Waals surface area contributed by atoms with Gasteiger partial charge in [-0.3, -0.25) is 9.59 Å². The molecule has 0 spiro atoms. The highest BCUT2D eigenvalue weighted by Crippen LogP contribution is 2.04. The summed E-state index contributed by atoms with van der Waals surface area (Å²) in [5.74, 6) is -1.25. The molecule has 0 aromatic heterocycles. The molecule has 5 nitrogen and oxygen atoms in total. The molecule has 5 heteroatoms. The van der Waals surface area contributed by atoms with E-state index < -0.39 is 12.0 Å². The number of carboxylic acid groups (broad SMARTS) is 1. The number of hydrogen-bond donors (Lipinski definition) is 3. The van der Waals surface area contributed by atoms with Crippen LogP contribution in [0.25, 0.3) is 0 Å². The normalized spacial score (nSPS) is 12.2. The summed E-state index contributed by atoms with van der Waals surface area (Å²) in [4.78, 5) is 22.3. The first kappa shape index (κ1) is 15.2. The number of aliphatic carboxylic acids is 1. The van der Waals surface area contributed by atoms with E-state index in [0.717, 1.165) is 5.56 Å². The number of rotatable bonds is 7. The van der Waals surface area contributed by atoms with E-state index >= 15 is 0 Å². The van der Waals surface area contributed by atoms with Crippen molar-refractivity contribution in [2.75, 3.05) is 6.54 Å². The zero-order valence-electron chi connectivity index (χ0n) is 11.2. The number of carbonyl (C=O) groups excluding carboxylic acids is 1. The van der Waals surface area contributed by atoms with Gasteiger partial charge >= 0.3 is 5.97 Å². The summed E-state index contributed by atoms with van der Waals surface area (Å²) < 4.78 is 0. The Morgan fingerprint density at radius 3 is 2.37 bits per heavy atom. The molecule has 1 rings (SSSR count). The SMILES string of the molecule is CC(C)[C@@H](NCc1ccccc1)C(=O)NCC(=O)O. The van der Waals surface area contributed by atoms with E-state index in [-0.39, 0.29) is 18.4 Å². The summed E-state index contributed by atoms with van der Waals surface area (Å²) in [6.07, 6.45) is 0. The Morgan fingerprint density at radius 2 is 1.84 bits per heavy atom. The van der Waals surface area contributed by atoms with Gasteiger partial charge < -0.3 is 15.7 Å². The van der Waals surface area contributed by atoms with Crippen LogP contribution in [0.5, 0.6) is 0 Å². The van der Waals surface area contributed by atoms with Gasteiger partial charge in [-0.2, -0.15) is 0 Å². The fraction of sp³-hybridized carbons (Fsp3) is 0.429. The number of hydrogen-bond acceptors (Lipinski definition) is 3. The first-order valence-corrected chi connectivity index (χ1v) is 6.27. The van der Waals surface area contributed by atoms with Gasteiger partial charge in [-0.05, 0) is 11.5 Å². The predicted octanol–water partition coefficient (Wildman–Crippen LogP) is 1.00. The molecule has 0 heterocycles. The maximum atomic E-state index is 11.9. The van der Waals surface area contributed by atoms with Crippen molar-refractivity contribution >= 4 is 11.9 Å². The van der Waals surface area contributed by atoms with Crippen molar-refractivity contribution in [3.05, 3.63) is 35.9 Å². The van der Waals surface area contributed by atoms with E-state index in [1.807, 2.05) is 44.2 Å². The molecular weight excluding hydrogens is 244 g/mol. The van der Waals surface area contributed by atoms with Crippen LogP contribution in [0.15, 0.2) is 30.3 Å². The molecule has 1 amide bonds. The topological polar surface area (TPSA) is 78.4 Å². The van der Waals surface area contributed by atoms with Crippen LogP contribution in [0.4, 0.5) is 0 Å². The minimum atomic E-state index is -1.04. The van der Waals surface area contributed by atoms with Crippen LogP contribution in [-0.4, -0.2) is 29.6 Å². The third-order valence-corrected chi connectivity index (χ3v) is 2.73. The fourth-order valence-electron chi connectivity index (χ4n) is 1.73. The second-order valence-corrected chi connectivity index (χ2v) is 4.70. The average Bonchev–Trinajstić information content (AvgIpc) is 2.37. The van der Waals surface area contributed by atoms with Gasteiger partial charge in [0.25, 0.3) is 0 Å². The molecule has 1 aromatic carbocycles. The zero-order chi connectivity index (χ0) is 14.3. The third kappa shape index (κ3) is 5.52. The van der Waals surface area contributed by atoms with Crippen LogP contribution in [0.2, 0.25) is 0 Å². The maximum absolute atomic E-state index is 11.9. The standard InChI is InChI=1S/C14H20N2O3/c1-10(2)13(14(19)16-9-12(17)18)15-8-11-6-4-3-5-7-11/h3-7,10,13,15H,8-9H2,1-2H3,(H,16,19)(H,17,18)/t13-/m1/s1. The molecule has 1 atom stereocenters. The summed E-state index contributed by atoms with van der Waals surface area (Å²) in [7, 11) is 0. The fourth-order valence-corrected chi connectivity index (χ4v) is 1.73. The number of benzene rings is 1. The molecule has 19 heavy (non-hydrogen) atoms. The van der Waals surface area contributed by atoms with E-state index in [2.05, 4.69) is 10.6 Å². The Kier molecular flexibility index (Phi) is 6.02. The highest BCUT2D eigenvalue weighted by atomic mass is 16.4. The van der Waals surface area contributed by atoms with Crippen molar-refractivity contribution in [1.29, 1.82) is 0 Å². The Morgan fingerprint density at radius 1 is 1.21 bits per heavy atom. The van der Waals surface area contributed by atoms with Crippen molar-refractivity contribution in [1.82, 2.24) is 10.6 Å². The second kappa shape index (κ2) is 7.53. The first-order chi connectivity index (χ1) is 9.00. The van der Waals surface area contributed by atoms with Gasteiger partial charge in [-0.15, -0.1) is 0 Å². The second-order valence-electron chi connectivity index (χ2n) is 4.70. The van der Waals surface area contributed by atoms with E-state index in [1.54, 1.807) is 0 Å². The molecule has 3 N–H and O–H groups in total. The lowest BCUT2D eigenvalue weighted by Gasteiger charge is -2.21. The minimum absolute atomic E-state index is 0.0810. The number of carboxylic acids is 1. The lowest BCUT2D eigenvalue weighted by molar-refractivity contribution is -0.138. The van der Waals surface area contributed by atoms with E-state index in [4.69, 9.17) is 5.11 Å². The van der Waals surface area contributed by atoms with Gasteiger partial charge in [0.2, 0.25) is 5.91 Å². The summed E-state index contributed by atoms with van der Waals surface area (Å²) >= 11 is 0. The highest BCUT2D eigenvalue weighted by molar-refractivity contribution is 5.85. The Hall–Kier alpha value is -1.88. The molecule has 0 fully saturated rings. The van der Waals surface area contributed by atoms with E-state index in [0.29, 0.717) is 6.54 Å². The Labute approximate surface area is 113 Å². The van der Waals surface area contributed by atoms with Crippen LogP contribution in [0.1, 0.15) is 19.4 Å². The molecular formula is C14H20N2O3. The van der Waals surface area contributed by atoms with Crippen molar-refractivity contribution < 1.29 is 14.7 Å². The van der Waals surface area contributed by atoms with Gasteiger partial charge in [0, 0.05) is 6.54 Å². The highest BCUT2D eigenvalue weighted by Gasteiger charge is 2.21. The number of carbonyl (C=O) groups is 2. The van der Waals surface area contributed by atoms with Gasteiger partial charge in [0.05, 0.1) is 6.04 Å². The van der Waals surface area contributed by atoms with Crippen molar-refractivity contribution in [2.45, 2.75) is 26.4 Å². The molecule has 0 radical (unpaired) electrons. The smallest absolute Gasteiger partial charge is 0.322 e. The van der Waals surface area contributed by atoms with Crippen LogP contribution in [0.3, 0.4) is 0 Å². The van der Waals surface area contributed by atoms with Crippen molar-refractivity contribution in [2.24, 2.45) is 5.92 Å². The quantitative estimate of drug-likeness (QED) is 0.686. The lowest BCUT2D eigenvalue weighted by Crippen LogP contribution is -2.48. The lowest BCUT2D eigenvalue weighted by atomic mass is 10.0. The summed E-state index contributed by atoms with van der Waals surface area (Å²) in [6, 6.07) is 9.35. The van der Waals surface area contributed by atoms with Crippen LogP contribution in [-0.2, 0) is 16.1 Å². The summed E-state index contributed by atoms with van der Waals surface area (Å²) in [6.45, 7) is 4.06. The molecule has 0 saturated heterocycles. The molecule has 0 aliphatic heterocycles. The van der Waals surface area contributed by atoms with Gasteiger partial charge in [-0.25, -0.2) is 0 Å². The van der Waals surface area contributed by atoms with E-state index in [9.17, 15) is 9.59 Å². The molecule has 0 saturated carbocycles.